The van der Waals surface area contributed by atoms with Gasteiger partial charge >= 0.3 is 0 Å². The number of hydrogen-bond donors (Lipinski definition) is 0. The summed E-state index contributed by atoms with van der Waals surface area (Å²) in [5, 5.41) is 0.643. The van der Waals surface area contributed by atoms with Crippen molar-refractivity contribution in [1.82, 2.24) is 18.8 Å². The second kappa shape index (κ2) is 7.49. The van der Waals surface area contributed by atoms with Crippen LogP contribution in [-0.2, 0) is 0 Å². The van der Waals surface area contributed by atoms with Gasteiger partial charge in [0.15, 0.2) is 7.98 Å². The number of aromatic nitrogens is 3. The maximum absolute atomic E-state index is 13.0. The SMILES string of the molecule is [B]N1CCC(c2ccc3c(c2)n(C2CCCC2)c2nc(=O)c4c(Br)cccc4n32)CC1. The molecule has 4 aromatic rings. The molecule has 1 saturated carbocycles. The van der Waals surface area contributed by atoms with Crippen LogP contribution in [0, 0.1) is 0 Å². The summed E-state index contributed by atoms with van der Waals surface area (Å²) >= 11 is 3.56. The van der Waals surface area contributed by atoms with Crippen LogP contribution < -0.4 is 5.56 Å². The normalized spacial score (nSPS) is 19.3. The van der Waals surface area contributed by atoms with Gasteiger partial charge < -0.3 is 9.38 Å². The summed E-state index contributed by atoms with van der Waals surface area (Å²) in [7, 11) is 5.99. The van der Waals surface area contributed by atoms with Crippen molar-refractivity contribution in [2.75, 3.05) is 13.1 Å². The number of imidazole rings is 1. The predicted octanol–water partition coefficient (Wildman–Crippen LogP) is 4.94. The first-order chi connectivity index (χ1) is 15.1. The molecule has 31 heavy (non-hydrogen) atoms. The minimum Gasteiger partial charge on any atom is -0.353 e. The zero-order chi connectivity index (χ0) is 21.1. The number of piperidine rings is 1. The molecule has 0 spiro atoms. The van der Waals surface area contributed by atoms with Crippen LogP contribution in [-0.4, -0.2) is 39.8 Å². The molecule has 5 nitrogen and oxygen atoms in total. The third-order valence-electron chi connectivity index (χ3n) is 7.25. The van der Waals surface area contributed by atoms with E-state index in [4.69, 9.17) is 7.98 Å². The average Bonchev–Trinajstić information content (AvgIpc) is 3.39. The van der Waals surface area contributed by atoms with E-state index in [1.807, 2.05) is 23.0 Å². The summed E-state index contributed by atoms with van der Waals surface area (Å²) in [6.45, 7) is 1.87. The standard InChI is InChI=1S/C24H24BBrN4O/c25-28-12-10-15(11-13-28)16-8-9-19-21(14-16)29(17-4-1-2-5-17)24-27-23(31)22-18(26)6-3-7-20(22)30(19)24/h3,6-9,14-15,17H,1-2,4-5,10-13H2. The Kier molecular flexibility index (Phi) is 4.72. The zero-order valence-electron chi connectivity index (χ0n) is 17.4. The summed E-state index contributed by atoms with van der Waals surface area (Å²) in [5.41, 5.74) is 4.43. The fourth-order valence-corrected chi connectivity index (χ4v) is 6.18. The Morgan fingerprint density at radius 1 is 0.968 bits per heavy atom. The Morgan fingerprint density at radius 2 is 1.74 bits per heavy atom. The Hall–Kier alpha value is -2.12. The molecule has 1 aliphatic heterocycles. The summed E-state index contributed by atoms with van der Waals surface area (Å²) < 4.78 is 5.33. The molecule has 2 aromatic carbocycles. The van der Waals surface area contributed by atoms with Crippen LogP contribution in [0.3, 0.4) is 0 Å². The summed E-state index contributed by atoms with van der Waals surface area (Å²) in [4.78, 5) is 19.6. The molecule has 2 aromatic heterocycles. The lowest BCUT2D eigenvalue weighted by Gasteiger charge is -2.29. The molecule has 0 N–H and O–H groups in total. The van der Waals surface area contributed by atoms with E-state index in [9.17, 15) is 4.79 Å². The Balaban J connectivity index is 1.66. The average molecular weight is 475 g/mol. The van der Waals surface area contributed by atoms with Crippen LogP contribution in [0.5, 0.6) is 0 Å². The van der Waals surface area contributed by atoms with Gasteiger partial charge in [-0.25, -0.2) is 0 Å². The highest BCUT2D eigenvalue weighted by Crippen LogP contribution is 2.38. The van der Waals surface area contributed by atoms with Crippen molar-refractivity contribution in [3.05, 3.63) is 56.8 Å². The molecular formula is C24H24BBrN4O. The lowest BCUT2D eigenvalue weighted by atomic mass is 9.88. The van der Waals surface area contributed by atoms with Gasteiger partial charge in [0.1, 0.15) is 0 Å². The third-order valence-corrected chi connectivity index (χ3v) is 7.91. The van der Waals surface area contributed by atoms with Crippen LogP contribution in [0.2, 0.25) is 0 Å². The highest BCUT2D eigenvalue weighted by atomic mass is 79.9. The van der Waals surface area contributed by atoms with Gasteiger partial charge in [-0.3, -0.25) is 9.20 Å². The number of benzene rings is 2. The number of fused-ring (bicyclic) bond motifs is 5. The van der Waals surface area contributed by atoms with Gasteiger partial charge in [-0.1, -0.05) is 25.0 Å². The fraction of sp³-hybridized carbons (Fsp3) is 0.417. The molecule has 0 amide bonds. The first-order valence-corrected chi connectivity index (χ1v) is 12.1. The van der Waals surface area contributed by atoms with Gasteiger partial charge in [-0.2, -0.15) is 4.98 Å². The topological polar surface area (TPSA) is 42.5 Å². The van der Waals surface area contributed by atoms with E-state index in [1.165, 1.54) is 23.9 Å². The molecule has 0 unspecified atom stereocenters. The van der Waals surface area contributed by atoms with Crippen molar-refractivity contribution in [3.63, 3.8) is 0 Å². The molecule has 3 heterocycles. The van der Waals surface area contributed by atoms with Crippen molar-refractivity contribution in [3.8, 4) is 0 Å². The maximum Gasteiger partial charge on any atom is 0.283 e. The summed E-state index contributed by atoms with van der Waals surface area (Å²) in [6.07, 6.45) is 6.90. The highest BCUT2D eigenvalue weighted by Gasteiger charge is 2.26. The van der Waals surface area contributed by atoms with Crippen molar-refractivity contribution >= 4 is 51.6 Å². The number of rotatable bonds is 2. The monoisotopic (exact) mass is 474 g/mol. The number of nitrogens with zero attached hydrogens (tertiary/aromatic N) is 4. The van der Waals surface area contributed by atoms with Crippen molar-refractivity contribution < 1.29 is 0 Å². The maximum atomic E-state index is 13.0. The predicted molar refractivity (Wildman–Crippen MR) is 129 cm³/mol. The van der Waals surface area contributed by atoms with Crippen LogP contribution in [0.4, 0.5) is 0 Å². The van der Waals surface area contributed by atoms with E-state index in [-0.39, 0.29) is 5.56 Å². The van der Waals surface area contributed by atoms with Crippen LogP contribution in [0.15, 0.2) is 45.7 Å². The minimum absolute atomic E-state index is 0.167. The lowest BCUT2D eigenvalue weighted by molar-refractivity contribution is 0.335. The van der Waals surface area contributed by atoms with Crippen LogP contribution in [0.1, 0.15) is 56.0 Å². The Labute approximate surface area is 190 Å². The molecule has 7 heteroatoms. The van der Waals surface area contributed by atoms with Gasteiger partial charge in [0.05, 0.1) is 21.9 Å². The largest absolute Gasteiger partial charge is 0.353 e. The van der Waals surface area contributed by atoms with E-state index >= 15 is 0 Å². The molecular weight excluding hydrogens is 451 g/mol. The minimum atomic E-state index is -0.167. The van der Waals surface area contributed by atoms with Gasteiger partial charge in [0.25, 0.3) is 5.56 Å². The zero-order valence-corrected chi connectivity index (χ0v) is 19.0. The van der Waals surface area contributed by atoms with Crippen molar-refractivity contribution in [1.29, 1.82) is 0 Å². The third kappa shape index (κ3) is 3.08. The second-order valence-electron chi connectivity index (χ2n) is 9.05. The molecule has 1 aliphatic carbocycles. The molecule has 1 saturated heterocycles. The van der Waals surface area contributed by atoms with Gasteiger partial charge in [0.2, 0.25) is 5.78 Å². The number of hydrogen-bond acceptors (Lipinski definition) is 3. The summed E-state index contributed by atoms with van der Waals surface area (Å²) in [6, 6.07) is 13.2. The highest BCUT2D eigenvalue weighted by molar-refractivity contribution is 9.10. The molecule has 2 radical (unpaired) electrons. The molecule has 0 bridgehead atoms. The van der Waals surface area contributed by atoms with E-state index in [0.717, 1.165) is 60.1 Å². The summed E-state index contributed by atoms with van der Waals surface area (Å²) in [5.74, 6) is 1.30. The van der Waals surface area contributed by atoms with E-state index in [0.29, 0.717) is 17.3 Å². The smallest absolute Gasteiger partial charge is 0.283 e. The van der Waals surface area contributed by atoms with Gasteiger partial charge in [-0.15, -0.1) is 0 Å². The first kappa shape index (κ1) is 19.6. The van der Waals surface area contributed by atoms with Gasteiger partial charge in [-0.05, 0) is 90.4 Å². The van der Waals surface area contributed by atoms with E-state index in [1.54, 1.807) is 0 Å². The Bertz CT molecular complexity index is 1360. The van der Waals surface area contributed by atoms with Crippen LogP contribution >= 0.6 is 15.9 Å². The first-order valence-electron chi connectivity index (χ1n) is 11.3. The second-order valence-corrected chi connectivity index (χ2v) is 9.91. The van der Waals surface area contributed by atoms with E-state index in [2.05, 4.69) is 48.1 Å². The van der Waals surface area contributed by atoms with E-state index < -0.39 is 0 Å². The molecule has 2 fully saturated rings. The van der Waals surface area contributed by atoms with Crippen molar-refractivity contribution in [2.24, 2.45) is 0 Å². The quantitative estimate of drug-likeness (QED) is 0.386. The molecule has 2 aliphatic rings. The molecule has 156 valence electrons. The van der Waals surface area contributed by atoms with Crippen molar-refractivity contribution in [2.45, 2.75) is 50.5 Å². The van der Waals surface area contributed by atoms with Crippen LogP contribution in [0.25, 0.3) is 27.7 Å². The Morgan fingerprint density at radius 3 is 2.52 bits per heavy atom. The molecule has 0 atom stereocenters. The lowest BCUT2D eigenvalue weighted by Crippen LogP contribution is -2.30. The van der Waals surface area contributed by atoms with Gasteiger partial charge in [0, 0.05) is 10.5 Å². The number of halogens is 1. The molecule has 6 rings (SSSR count). The fourth-order valence-electron chi connectivity index (χ4n) is 5.65.